The van der Waals surface area contributed by atoms with Crippen molar-refractivity contribution in [2.24, 2.45) is 5.73 Å². The van der Waals surface area contributed by atoms with Gasteiger partial charge < -0.3 is 10.8 Å². The third kappa shape index (κ3) is 29.9. The molecule has 2 heteroatoms. The Morgan fingerprint density at radius 3 is 0.750 bits per heavy atom. The Balaban J connectivity index is 3.00. The summed E-state index contributed by atoms with van der Waals surface area (Å²) in [5.41, 5.74) is 5.35. The summed E-state index contributed by atoms with van der Waals surface area (Å²) in [4.78, 5) is 0. The molecule has 0 radical (unpaired) electrons. The summed E-state index contributed by atoms with van der Waals surface area (Å²) in [5, 5.41) is 9.02. The van der Waals surface area contributed by atoms with Gasteiger partial charge in [-0.3, -0.25) is 0 Å². The molecule has 0 aliphatic rings. The Labute approximate surface area is 203 Å². The molecule has 0 aromatic heterocycles. The third-order valence-corrected chi connectivity index (χ3v) is 7.10. The first-order chi connectivity index (χ1) is 15.8. The molecule has 0 fully saturated rings. The number of unbranched alkanes of at least 4 members (excludes halogenated alkanes) is 26. The lowest BCUT2D eigenvalue weighted by Gasteiger charge is -2.05. The largest absolute Gasteiger partial charge is 0.379 e. The van der Waals surface area contributed by atoms with Gasteiger partial charge in [0, 0.05) is 0 Å². The summed E-state index contributed by atoms with van der Waals surface area (Å²) >= 11 is 0. The van der Waals surface area contributed by atoms with Gasteiger partial charge in [0.15, 0.2) is 0 Å². The highest BCUT2D eigenvalue weighted by Crippen LogP contribution is 2.16. The van der Waals surface area contributed by atoms with E-state index < -0.39 is 6.23 Å². The number of hydrogen-bond acceptors (Lipinski definition) is 2. The monoisotopic (exact) mass is 453 g/mol. The minimum atomic E-state index is -0.603. The zero-order valence-electron chi connectivity index (χ0n) is 22.4. The lowest BCUT2D eigenvalue weighted by Crippen LogP contribution is -2.17. The Morgan fingerprint density at radius 2 is 0.562 bits per heavy atom. The van der Waals surface area contributed by atoms with Crippen molar-refractivity contribution in [2.45, 2.75) is 193 Å². The van der Waals surface area contributed by atoms with Gasteiger partial charge in [0.25, 0.3) is 0 Å². The van der Waals surface area contributed by atoms with Crippen LogP contribution >= 0.6 is 0 Å². The summed E-state index contributed by atoms with van der Waals surface area (Å²) in [6, 6.07) is 0. The smallest absolute Gasteiger partial charge is 0.102 e. The second-order valence-corrected chi connectivity index (χ2v) is 10.5. The van der Waals surface area contributed by atoms with E-state index in [4.69, 9.17) is 10.8 Å². The molecule has 0 aromatic carbocycles. The predicted molar refractivity (Wildman–Crippen MR) is 145 cm³/mol. The highest BCUT2D eigenvalue weighted by Gasteiger charge is 1.97. The van der Waals surface area contributed by atoms with Crippen molar-refractivity contribution in [3.05, 3.63) is 0 Å². The van der Waals surface area contributed by atoms with E-state index in [2.05, 4.69) is 6.92 Å². The van der Waals surface area contributed by atoms with Crippen LogP contribution in [0.4, 0.5) is 0 Å². The van der Waals surface area contributed by atoms with Crippen LogP contribution in [0.25, 0.3) is 0 Å². The maximum atomic E-state index is 9.02. The van der Waals surface area contributed by atoms with Crippen molar-refractivity contribution < 1.29 is 5.11 Å². The van der Waals surface area contributed by atoms with Crippen LogP contribution in [0.3, 0.4) is 0 Å². The predicted octanol–water partition coefficient (Wildman–Crippen LogP) is 10.2. The zero-order valence-corrected chi connectivity index (χ0v) is 22.4. The molecule has 3 N–H and O–H groups in total. The maximum Gasteiger partial charge on any atom is 0.102 e. The molecule has 0 saturated heterocycles. The van der Waals surface area contributed by atoms with Gasteiger partial charge in [0.2, 0.25) is 0 Å². The molecule has 0 bridgehead atoms. The lowest BCUT2D eigenvalue weighted by atomic mass is 10.0. The highest BCUT2D eigenvalue weighted by molar-refractivity contribution is 4.52. The van der Waals surface area contributed by atoms with Crippen LogP contribution in [0.15, 0.2) is 0 Å². The molecule has 0 saturated carbocycles. The van der Waals surface area contributed by atoms with Crippen molar-refractivity contribution in [3.8, 4) is 0 Å². The fourth-order valence-electron chi connectivity index (χ4n) is 4.85. The molecule has 0 aromatic rings. The van der Waals surface area contributed by atoms with Crippen molar-refractivity contribution >= 4 is 0 Å². The fraction of sp³-hybridized carbons (Fsp3) is 1.00. The first-order valence-corrected chi connectivity index (χ1v) is 15.2. The van der Waals surface area contributed by atoms with Crippen LogP contribution in [-0.4, -0.2) is 11.3 Å². The van der Waals surface area contributed by atoms with Gasteiger partial charge in [-0.05, 0) is 12.8 Å². The molecule has 0 rings (SSSR count). The summed E-state index contributed by atoms with van der Waals surface area (Å²) in [6.07, 6.45) is 38.7. The van der Waals surface area contributed by atoms with Gasteiger partial charge in [-0.1, -0.05) is 174 Å². The van der Waals surface area contributed by atoms with E-state index in [0.29, 0.717) is 0 Å². The highest BCUT2D eigenvalue weighted by atomic mass is 16.3. The number of hydrogen-bond donors (Lipinski definition) is 2. The summed E-state index contributed by atoms with van der Waals surface area (Å²) in [6.45, 7) is 2.30. The molecule has 1 atom stereocenters. The van der Waals surface area contributed by atoms with E-state index in [1.165, 1.54) is 167 Å². The minimum absolute atomic E-state index is 0.603. The topological polar surface area (TPSA) is 46.2 Å². The number of rotatable bonds is 28. The zero-order chi connectivity index (χ0) is 23.4. The number of nitrogens with two attached hydrogens (primary N) is 1. The van der Waals surface area contributed by atoms with Crippen molar-refractivity contribution in [1.82, 2.24) is 0 Å². The van der Waals surface area contributed by atoms with Gasteiger partial charge >= 0.3 is 0 Å². The second kappa shape index (κ2) is 29.0. The Hall–Kier alpha value is -0.0800. The Kier molecular flexibility index (Phi) is 28.9. The van der Waals surface area contributed by atoms with Crippen molar-refractivity contribution in [1.29, 1.82) is 0 Å². The van der Waals surface area contributed by atoms with Gasteiger partial charge in [0.1, 0.15) is 6.23 Å². The van der Waals surface area contributed by atoms with E-state index in [1.54, 1.807) is 0 Å². The average molecular weight is 454 g/mol. The number of aliphatic hydroxyl groups excluding tert-OH is 1. The molecular weight excluding hydrogens is 390 g/mol. The standard InChI is InChI=1S/C30H63NO/c1-2-3-4-5-6-7-8-9-10-11-12-13-14-15-16-17-18-19-20-21-22-23-24-25-26-27-28-29-30(31)32/h30,32H,2-29,31H2,1H3. The summed E-state index contributed by atoms with van der Waals surface area (Å²) < 4.78 is 0. The van der Waals surface area contributed by atoms with Crippen LogP contribution in [0, 0.1) is 0 Å². The number of aliphatic hydroxyl groups is 1. The maximum absolute atomic E-state index is 9.02. The van der Waals surface area contributed by atoms with Crippen molar-refractivity contribution in [3.63, 3.8) is 0 Å². The first-order valence-electron chi connectivity index (χ1n) is 15.2. The van der Waals surface area contributed by atoms with E-state index in [-0.39, 0.29) is 0 Å². The van der Waals surface area contributed by atoms with E-state index >= 15 is 0 Å². The van der Waals surface area contributed by atoms with Gasteiger partial charge in [-0.15, -0.1) is 0 Å². The quantitative estimate of drug-likeness (QED) is 0.0913. The Bertz CT molecular complexity index is 318. The lowest BCUT2D eigenvalue weighted by molar-refractivity contribution is 0.168. The molecule has 1 unspecified atom stereocenters. The minimum Gasteiger partial charge on any atom is -0.379 e. The summed E-state index contributed by atoms with van der Waals surface area (Å²) in [5.74, 6) is 0. The van der Waals surface area contributed by atoms with E-state index in [9.17, 15) is 0 Å². The molecule has 0 heterocycles. The molecule has 0 aliphatic heterocycles. The van der Waals surface area contributed by atoms with Crippen LogP contribution in [0.5, 0.6) is 0 Å². The van der Waals surface area contributed by atoms with E-state index in [1.807, 2.05) is 0 Å². The van der Waals surface area contributed by atoms with Gasteiger partial charge in [-0.25, -0.2) is 0 Å². The van der Waals surface area contributed by atoms with Crippen LogP contribution in [0.2, 0.25) is 0 Å². The van der Waals surface area contributed by atoms with E-state index in [0.717, 1.165) is 12.8 Å². The van der Waals surface area contributed by atoms with Crippen LogP contribution in [0.1, 0.15) is 187 Å². The second-order valence-electron chi connectivity index (χ2n) is 10.5. The molecule has 0 aliphatic carbocycles. The normalized spacial score (nSPS) is 12.5. The molecule has 32 heavy (non-hydrogen) atoms. The van der Waals surface area contributed by atoms with Gasteiger partial charge in [0.05, 0.1) is 0 Å². The molecule has 0 amide bonds. The Morgan fingerprint density at radius 1 is 0.375 bits per heavy atom. The third-order valence-electron chi connectivity index (χ3n) is 7.10. The van der Waals surface area contributed by atoms with Crippen LogP contribution < -0.4 is 5.73 Å². The SMILES string of the molecule is CCCCCCCCCCCCCCCCCCCCCCCCCCCCCC(N)O. The molecule has 194 valence electrons. The van der Waals surface area contributed by atoms with Crippen molar-refractivity contribution in [2.75, 3.05) is 0 Å². The molecule has 0 spiro atoms. The molecule has 2 nitrogen and oxygen atoms in total. The van der Waals surface area contributed by atoms with Gasteiger partial charge in [-0.2, -0.15) is 0 Å². The molecular formula is C30H63NO. The summed E-state index contributed by atoms with van der Waals surface area (Å²) in [7, 11) is 0. The van der Waals surface area contributed by atoms with Crippen LogP contribution in [-0.2, 0) is 0 Å². The average Bonchev–Trinajstić information content (AvgIpc) is 2.78. The fourth-order valence-corrected chi connectivity index (χ4v) is 4.85. The first kappa shape index (κ1) is 31.9.